The van der Waals surface area contributed by atoms with Crippen LogP contribution in [0.4, 0.5) is 0 Å². The summed E-state index contributed by atoms with van der Waals surface area (Å²) in [6.45, 7) is 1.63. The summed E-state index contributed by atoms with van der Waals surface area (Å²) in [4.78, 5) is 38.2. The molecule has 1 aliphatic heterocycles. The van der Waals surface area contributed by atoms with Crippen LogP contribution in [0.15, 0.2) is 30.3 Å². The first-order valence-electron chi connectivity index (χ1n) is 10.5. The monoisotopic (exact) mass is 438 g/mol. The molecule has 3 rings (SSSR count). The number of halogens is 1. The average Bonchev–Trinajstić information content (AvgIpc) is 3.10. The first-order valence-corrected chi connectivity index (χ1v) is 10.5. The predicted molar refractivity (Wildman–Crippen MR) is 115 cm³/mol. The van der Waals surface area contributed by atoms with E-state index < -0.39 is 30.1 Å². The van der Waals surface area contributed by atoms with Crippen molar-refractivity contribution >= 4 is 30.3 Å². The number of hydrogen-bond donors (Lipinski definition) is 3. The molecule has 30 heavy (non-hydrogen) atoms. The minimum Gasteiger partial charge on any atom is -0.480 e. The largest absolute Gasteiger partial charge is 0.480 e. The molecule has 1 saturated heterocycles. The van der Waals surface area contributed by atoms with E-state index in [1.807, 2.05) is 30.3 Å². The van der Waals surface area contributed by atoms with E-state index in [1.54, 1.807) is 6.92 Å². The van der Waals surface area contributed by atoms with E-state index >= 15 is 0 Å². The van der Waals surface area contributed by atoms with E-state index in [0.717, 1.165) is 31.2 Å². The van der Waals surface area contributed by atoms with Crippen LogP contribution in [-0.4, -0.2) is 57.1 Å². The Morgan fingerprint density at radius 3 is 2.43 bits per heavy atom. The molecule has 5 unspecified atom stereocenters. The normalized spacial score (nSPS) is 25.0. The smallest absolute Gasteiger partial charge is 0.326 e. The second-order valence-corrected chi connectivity index (χ2v) is 8.25. The van der Waals surface area contributed by atoms with Gasteiger partial charge in [0.15, 0.2) is 0 Å². The van der Waals surface area contributed by atoms with Crippen LogP contribution in [0.25, 0.3) is 0 Å². The van der Waals surface area contributed by atoms with Gasteiger partial charge < -0.3 is 15.1 Å². The van der Waals surface area contributed by atoms with Crippen molar-refractivity contribution in [3.05, 3.63) is 35.9 Å². The number of benzene rings is 1. The topological polar surface area (TPSA) is 107 Å². The molecule has 1 aliphatic carbocycles. The number of carbonyl (C=O) groups excluding carboxylic acids is 1. The minimum atomic E-state index is -1.01. The number of rotatable bonds is 8. The Balaban J connectivity index is 0.00000320. The lowest BCUT2D eigenvalue weighted by molar-refractivity contribution is -0.151. The zero-order valence-corrected chi connectivity index (χ0v) is 18.0. The summed E-state index contributed by atoms with van der Waals surface area (Å²) in [5, 5.41) is 22.2. The lowest BCUT2D eigenvalue weighted by Crippen LogP contribution is -2.55. The zero-order chi connectivity index (χ0) is 21.0. The summed E-state index contributed by atoms with van der Waals surface area (Å²) in [5.74, 6) is -2.06. The van der Waals surface area contributed by atoms with Gasteiger partial charge in [-0.2, -0.15) is 0 Å². The SMILES string of the molecule is CC(NC(CCc1ccccc1)C(=O)O)C(=O)N1C(C(=O)O)CC2CCCCC21.Cl. The van der Waals surface area contributed by atoms with E-state index in [2.05, 4.69) is 5.32 Å². The Hall–Kier alpha value is -2.12. The van der Waals surface area contributed by atoms with Gasteiger partial charge in [0, 0.05) is 6.04 Å². The molecule has 2 fully saturated rings. The first-order chi connectivity index (χ1) is 13.9. The fourth-order valence-corrected chi connectivity index (χ4v) is 4.83. The van der Waals surface area contributed by atoms with Gasteiger partial charge in [-0.25, -0.2) is 4.79 Å². The van der Waals surface area contributed by atoms with Crippen LogP contribution in [0.1, 0.15) is 51.0 Å². The van der Waals surface area contributed by atoms with Gasteiger partial charge in [0.25, 0.3) is 0 Å². The molecule has 0 aromatic heterocycles. The molecule has 3 N–H and O–H groups in total. The van der Waals surface area contributed by atoms with Crippen LogP contribution in [0.2, 0.25) is 0 Å². The van der Waals surface area contributed by atoms with Gasteiger partial charge in [0.05, 0.1) is 6.04 Å². The Labute approximate surface area is 183 Å². The Morgan fingerprint density at radius 1 is 1.13 bits per heavy atom. The maximum absolute atomic E-state index is 13.2. The standard InChI is InChI=1S/C22H30N2O5.ClH/c1-14(23-17(21(26)27)12-11-15-7-3-2-4-8-15)20(25)24-18-10-6-5-9-16(18)13-19(24)22(28)29;/h2-4,7-8,14,16-19,23H,5-6,9-13H2,1H3,(H,26,27)(H,28,29);1H. The average molecular weight is 439 g/mol. The van der Waals surface area contributed by atoms with Gasteiger partial charge in [-0.05, 0) is 50.5 Å². The summed E-state index contributed by atoms with van der Waals surface area (Å²) in [6, 6.07) is 7.12. The van der Waals surface area contributed by atoms with Crippen molar-refractivity contribution in [1.29, 1.82) is 0 Å². The first kappa shape index (κ1) is 24.2. The highest BCUT2D eigenvalue weighted by Gasteiger charge is 2.48. The molecule has 8 heteroatoms. The van der Waals surface area contributed by atoms with Gasteiger partial charge in [0.2, 0.25) is 5.91 Å². The molecule has 0 spiro atoms. The molecule has 1 aromatic rings. The molecule has 7 nitrogen and oxygen atoms in total. The van der Waals surface area contributed by atoms with Gasteiger partial charge in [-0.3, -0.25) is 14.9 Å². The van der Waals surface area contributed by atoms with Crippen molar-refractivity contribution in [3.63, 3.8) is 0 Å². The fraction of sp³-hybridized carbons (Fsp3) is 0.591. The maximum atomic E-state index is 13.2. The number of nitrogens with one attached hydrogen (secondary N) is 1. The van der Waals surface area contributed by atoms with Crippen LogP contribution < -0.4 is 5.32 Å². The number of amides is 1. The molecule has 1 aromatic carbocycles. The Kier molecular flexibility index (Phi) is 8.67. The van der Waals surface area contributed by atoms with Gasteiger partial charge in [-0.1, -0.05) is 43.2 Å². The zero-order valence-electron chi connectivity index (χ0n) is 17.2. The number of likely N-dealkylation sites (tertiary alicyclic amines) is 1. The summed E-state index contributed by atoms with van der Waals surface area (Å²) in [5.41, 5.74) is 1.04. The number of carboxylic acid groups (broad SMARTS) is 2. The second kappa shape index (κ2) is 10.8. The van der Waals surface area contributed by atoms with Crippen LogP contribution in [0.3, 0.4) is 0 Å². The maximum Gasteiger partial charge on any atom is 0.326 e. The van der Waals surface area contributed by atoms with Crippen molar-refractivity contribution in [2.24, 2.45) is 5.92 Å². The number of fused-ring (bicyclic) bond motifs is 1. The van der Waals surface area contributed by atoms with Crippen LogP contribution in [0, 0.1) is 5.92 Å². The minimum absolute atomic E-state index is 0. The summed E-state index contributed by atoms with van der Waals surface area (Å²) in [7, 11) is 0. The number of carbonyl (C=O) groups is 3. The van der Waals surface area contributed by atoms with Crippen LogP contribution >= 0.6 is 12.4 Å². The summed E-state index contributed by atoms with van der Waals surface area (Å²) < 4.78 is 0. The lowest BCUT2D eigenvalue weighted by Gasteiger charge is -2.35. The molecule has 1 amide bonds. The molecular weight excluding hydrogens is 408 g/mol. The molecule has 5 atom stereocenters. The van der Waals surface area contributed by atoms with Gasteiger partial charge in [-0.15, -0.1) is 12.4 Å². The predicted octanol–water partition coefficient (Wildman–Crippen LogP) is 2.72. The molecule has 0 radical (unpaired) electrons. The number of aliphatic carboxylic acids is 2. The summed E-state index contributed by atoms with van der Waals surface area (Å²) in [6.07, 6.45) is 5.27. The number of hydrogen-bond acceptors (Lipinski definition) is 4. The van der Waals surface area contributed by atoms with Crippen molar-refractivity contribution in [3.8, 4) is 0 Å². The third kappa shape index (κ3) is 5.52. The molecular formula is C22H31ClN2O5. The van der Waals surface area contributed by atoms with E-state index in [-0.39, 0.29) is 30.3 Å². The fourth-order valence-electron chi connectivity index (χ4n) is 4.83. The van der Waals surface area contributed by atoms with E-state index in [4.69, 9.17) is 0 Å². The second-order valence-electron chi connectivity index (χ2n) is 8.25. The van der Waals surface area contributed by atoms with E-state index in [0.29, 0.717) is 19.3 Å². The quantitative estimate of drug-likeness (QED) is 0.576. The Morgan fingerprint density at radius 2 is 1.80 bits per heavy atom. The molecule has 166 valence electrons. The van der Waals surface area contributed by atoms with Gasteiger partial charge >= 0.3 is 11.9 Å². The highest BCUT2D eigenvalue weighted by atomic mass is 35.5. The molecule has 2 aliphatic rings. The van der Waals surface area contributed by atoms with Gasteiger partial charge in [0.1, 0.15) is 12.1 Å². The van der Waals surface area contributed by atoms with Crippen molar-refractivity contribution in [1.82, 2.24) is 10.2 Å². The summed E-state index contributed by atoms with van der Waals surface area (Å²) >= 11 is 0. The van der Waals surface area contributed by atoms with Crippen LogP contribution in [-0.2, 0) is 20.8 Å². The van der Waals surface area contributed by atoms with E-state index in [1.165, 1.54) is 4.90 Å². The van der Waals surface area contributed by atoms with Crippen LogP contribution in [0.5, 0.6) is 0 Å². The molecule has 0 bridgehead atoms. The molecule has 1 saturated carbocycles. The lowest BCUT2D eigenvalue weighted by atomic mass is 9.84. The molecule has 1 heterocycles. The third-order valence-electron chi connectivity index (χ3n) is 6.31. The third-order valence-corrected chi connectivity index (χ3v) is 6.31. The van der Waals surface area contributed by atoms with E-state index in [9.17, 15) is 24.6 Å². The number of aryl methyl sites for hydroxylation is 1. The Bertz CT molecular complexity index is 744. The van der Waals surface area contributed by atoms with Crippen molar-refractivity contribution < 1.29 is 24.6 Å². The van der Waals surface area contributed by atoms with Crippen molar-refractivity contribution in [2.75, 3.05) is 0 Å². The number of nitrogens with zero attached hydrogens (tertiary/aromatic N) is 1. The van der Waals surface area contributed by atoms with Crippen molar-refractivity contribution in [2.45, 2.75) is 76.0 Å². The highest BCUT2D eigenvalue weighted by molar-refractivity contribution is 5.88. The highest BCUT2D eigenvalue weighted by Crippen LogP contribution is 2.40. The number of carboxylic acids is 2.